The molecule has 0 amide bonds. The lowest BCUT2D eigenvalue weighted by molar-refractivity contribution is 1.11. The minimum Gasteiger partial charge on any atom is -0.257 e. The topological polar surface area (TPSA) is 12.9 Å². The highest BCUT2D eigenvalue weighted by Gasteiger charge is 1.98. The van der Waals surface area contributed by atoms with Crippen LogP contribution >= 0.6 is 15.9 Å². The molecule has 10 heavy (non-hydrogen) atoms. The van der Waals surface area contributed by atoms with Crippen LogP contribution in [0.4, 0.5) is 0 Å². The Morgan fingerprint density at radius 1 is 1.50 bits per heavy atom. The molecule has 0 N–H and O–H groups in total. The van der Waals surface area contributed by atoms with Crippen molar-refractivity contribution in [3.8, 4) is 0 Å². The van der Waals surface area contributed by atoms with Gasteiger partial charge < -0.3 is 0 Å². The van der Waals surface area contributed by atoms with E-state index in [0.29, 0.717) is 0 Å². The SMILES string of the molecule is [CH2]c1nc(C)c(C)cc1Br. The molecule has 0 fully saturated rings. The largest absolute Gasteiger partial charge is 0.257 e. The van der Waals surface area contributed by atoms with Crippen molar-refractivity contribution in [1.82, 2.24) is 4.98 Å². The van der Waals surface area contributed by atoms with E-state index >= 15 is 0 Å². The fraction of sp³-hybridized carbons (Fsp3) is 0.250. The van der Waals surface area contributed by atoms with Crippen LogP contribution in [-0.2, 0) is 0 Å². The van der Waals surface area contributed by atoms with Gasteiger partial charge in [-0.1, -0.05) is 0 Å². The molecule has 1 nitrogen and oxygen atoms in total. The van der Waals surface area contributed by atoms with Gasteiger partial charge in [0.15, 0.2) is 0 Å². The van der Waals surface area contributed by atoms with Crippen molar-refractivity contribution in [3.63, 3.8) is 0 Å². The zero-order valence-electron chi connectivity index (χ0n) is 6.11. The molecule has 0 saturated carbocycles. The Balaban J connectivity index is 3.28. The summed E-state index contributed by atoms with van der Waals surface area (Å²) in [4.78, 5) is 4.21. The highest BCUT2D eigenvalue weighted by atomic mass is 79.9. The van der Waals surface area contributed by atoms with Gasteiger partial charge in [0, 0.05) is 10.2 Å². The van der Waals surface area contributed by atoms with Crippen LogP contribution in [0.25, 0.3) is 0 Å². The molecule has 1 heterocycles. The highest BCUT2D eigenvalue weighted by molar-refractivity contribution is 9.10. The van der Waals surface area contributed by atoms with Crippen molar-refractivity contribution in [2.24, 2.45) is 0 Å². The summed E-state index contributed by atoms with van der Waals surface area (Å²) in [6.45, 7) is 7.78. The summed E-state index contributed by atoms with van der Waals surface area (Å²) in [7, 11) is 0. The van der Waals surface area contributed by atoms with Crippen molar-refractivity contribution in [3.05, 3.63) is 34.4 Å². The molecule has 1 rings (SSSR count). The maximum atomic E-state index is 4.21. The van der Waals surface area contributed by atoms with E-state index in [1.54, 1.807) is 0 Å². The van der Waals surface area contributed by atoms with E-state index in [0.717, 1.165) is 15.9 Å². The summed E-state index contributed by atoms with van der Waals surface area (Å²) in [5.41, 5.74) is 3.05. The van der Waals surface area contributed by atoms with Crippen LogP contribution < -0.4 is 0 Å². The van der Waals surface area contributed by atoms with Crippen LogP contribution in [0.15, 0.2) is 10.5 Å². The molecule has 0 atom stereocenters. The third-order valence-corrected chi connectivity index (χ3v) is 2.18. The number of halogens is 1. The third kappa shape index (κ3) is 1.37. The molecule has 0 aliphatic carbocycles. The zero-order chi connectivity index (χ0) is 7.72. The zero-order valence-corrected chi connectivity index (χ0v) is 7.70. The maximum Gasteiger partial charge on any atom is 0.0552 e. The molecule has 0 unspecified atom stereocenters. The van der Waals surface area contributed by atoms with Crippen LogP contribution in [0.5, 0.6) is 0 Å². The van der Waals surface area contributed by atoms with Gasteiger partial charge in [-0.3, -0.25) is 4.98 Å². The van der Waals surface area contributed by atoms with Gasteiger partial charge in [-0.15, -0.1) is 0 Å². The molecular formula is C8H9BrN. The molecular weight excluding hydrogens is 190 g/mol. The first-order valence-corrected chi connectivity index (χ1v) is 3.86. The maximum absolute atomic E-state index is 4.21. The molecule has 0 aliphatic heterocycles. The molecule has 2 heteroatoms. The lowest BCUT2D eigenvalue weighted by Gasteiger charge is -2.01. The van der Waals surface area contributed by atoms with Gasteiger partial charge in [0.25, 0.3) is 0 Å². The Hall–Kier alpha value is -0.370. The summed E-state index contributed by atoms with van der Waals surface area (Å²) < 4.78 is 0.982. The molecule has 0 aliphatic rings. The first-order chi connectivity index (χ1) is 4.61. The second kappa shape index (κ2) is 2.70. The van der Waals surface area contributed by atoms with Crippen molar-refractivity contribution >= 4 is 15.9 Å². The first-order valence-electron chi connectivity index (χ1n) is 3.07. The number of nitrogens with zero attached hydrogens (tertiary/aromatic N) is 1. The van der Waals surface area contributed by atoms with Gasteiger partial charge in [0.1, 0.15) is 0 Å². The number of aryl methyl sites for hydroxylation is 2. The molecule has 1 radical (unpaired) electrons. The van der Waals surface area contributed by atoms with E-state index in [-0.39, 0.29) is 0 Å². The molecule has 0 aromatic carbocycles. The predicted octanol–water partition coefficient (Wildman–Crippen LogP) is 2.64. The molecule has 1 aromatic rings. The summed E-state index contributed by atoms with van der Waals surface area (Å²) in [5, 5.41) is 0. The Morgan fingerprint density at radius 2 is 2.10 bits per heavy atom. The molecule has 0 spiro atoms. The van der Waals surface area contributed by atoms with Gasteiger partial charge in [-0.05, 0) is 48.3 Å². The second-order valence-corrected chi connectivity index (χ2v) is 3.17. The van der Waals surface area contributed by atoms with E-state index < -0.39 is 0 Å². The number of rotatable bonds is 0. The van der Waals surface area contributed by atoms with Gasteiger partial charge in [0.05, 0.1) is 5.69 Å². The van der Waals surface area contributed by atoms with Crippen molar-refractivity contribution < 1.29 is 0 Å². The minimum absolute atomic E-state index is 0.808. The summed E-state index contributed by atoms with van der Waals surface area (Å²) in [5.74, 6) is 0. The number of pyridine rings is 1. The lowest BCUT2D eigenvalue weighted by atomic mass is 10.2. The van der Waals surface area contributed by atoms with E-state index in [1.165, 1.54) is 5.56 Å². The monoisotopic (exact) mass is 198 g/mol. The predicted molar refractivity (Wildman–Crippen MR) is 45.9 cm³/mol. The Bertz CT molecular complexity index is 205. The van der Waals surface area contributed by atoms with Gasteiger partial charge in [-0.25, -0.2) is 0 Å². The number of hydrogen-bond donors (Lipinski definition) is 0. The minimum atomic E-state index is 0.808. The normalized spacial score (nSPS) is 10.0. The number of aromatic nitrogens is 1. The van der Waals surface area contributed by atoms with Crippen molar-refractivity contribution in [2.45, 2.75) is 13.8 Å². The van der Waals surface area contributed by atoms with Crippen LogP contribution in [0.1, 0.15) is 17.0 Å². The van der Waals surface area contributed by atoms with E-state index in [9.17, 15) is 0 Å². The molecule has 1 aromatic heterocycles. The Morgan fingerprint density at radius 3 is 2.60 bits per heavy atom. The number of hydrogen-bond acceptors (Lipinski definition) is 1. The highest BCUT2D eigenvalue weighted by Crippen LogP contribution is 2.16. The van der Waals surface area contributed by atoms with E-state index in [4.69, 9.17) is 0 Å². The van der Waals surface area contributed by atoms with Crippen LogP contribution in [0, 0.1) is 20.8 Å². The lowest BCUT2D eigenvalue weighted by Crippen LogP contribution is -1.90. The average Bonchev–Trinajstić information content (AvgIpc) is 1.84. The van der Waals surface area contributed by atoms with Crippen LogP contribution in [0.2, 0.25) is 0 Å². The van der Waals surface area contributed by atoms with E-state index in [1.807, 2.05) is 19.9 Å². The Labute approximate surface area is 69.6 Å². The summed E-state index contributed by atoms with van der Waals surface area (Å²) in [6, 6.07) is 2.03. The summed E-state index contributed by atoms with van der Waals surface area (Å²) in [6.07, 6.45) is 0. The van der Waals surface area contributed by atoms with Gasteiger partial charge >= 0.3 is 0 Å². The van der Waals surface area contributed by atoms with Gasteiger partial charge in [-0.2, -0.15) is 0 Å². The quantitative estimate of drug-likeness (QED) is 0.625. The van der Waals surface area contributed by atoms with Gasteiger partial charge in [0.2, 0.25) is 0 Å². The molecule has 0 saturated heterocycles. The van der Waals surface area contributed by atoms with Crippen LogP contribution in [0.3, 0.4) is 0 Å². The fourth-order valence-corrected chi connectivity index (χ4v) is 1.15. The standard InChI is InChI=1S/C8H9BrN/c1-5-4-8(9)7(3)10-6(5)2/h4H,3H2,1-2H3. The smallest absolute Gasteiger partial charge is 0.0552 e. The fourth-order valence-electron chi connectivity index (χ4n) is 0.722. The van der Waals surface area contributed by atoms with Crippen LogP contribution in [-0.4, -0.2) is 4.98 Å². The average molecular weight is 199 g/mol. The Kier molecular flexibility index (Phi) is 2.09. The molecule has 53 valence electrons. The first kappa shape index (κ1) is 7.73. The van der Waals surface area contributed by atoms with Crippen molar-refractivity contribution in [2.75, 3.05) is 0 Å². The summed E-state index contributed by atoms with van der Waals surface area (Å²) >= 11 is 3.36. The molecule has 0 bridgehead atoms. The van der Waals surface area contributed by atoms with E-state index in [2.05, 4.69) is 27.8 Å². The third-order valence-electron chi connectivity index (χ3n) is 1.49. The van der Waals surface area contributed by atoms with Crippen molar-refractivity contribution in [1.29, 1.82) is 0 Å². The second-order valence-electron chi connectivity index (χ2n) is 2.32.